The molecule has 0 aliphatic rings. The number of carbonyl (C=O) groups is 1. The van der Waals surface area contributed by atoms with Crippen LogP contribution in [0.4, 0.5) is 4.79 Å². The number of nitrogens with zero attached hydrogens (tertiary/aromatic N) is 2. The number of H-pyrrole nitrogens is 1. The van der Waals surface area contributed by atoms with Crippen molar-refractivity contribution in [2.45, 2.75) is 71.6 Å². The molecule has 6 heteroatoms. The van der Waals surface area contributed by atoms with Gasteiger partial charge in [-0.1, -0.05) is 26.8 Å². The highest BCUT2D eigenvalue weighted by atomic mass is 16.4. The smallest absolute Gasteiger partial charge is 0.408 e. The lowest BCUT2D eigenvalue weighted by Gasteiger charge is -2.39. The van der Waals surface area contributed by atoms with E-state index >= 15 is 0 Å². The second-order valence-corrected chi connectivity index (χ2v) is 8.61. The molecule has 0 unspecified atom stereocenters. The monoisotopic (exact) mass is 347 g/mol. The van der Waals surface area contributed by atoms with Gasteiger partial charge in [0.25, 0.3) is 0 Å². The predicted octanol–water partition coefficient (Wildman–Crippen LogP) is 4.06. The molecule has 0 fully saturated rings. The summed E-state index contributed by atoms with van der Waals surface area (Å²) in [6.07, 6.45) is -1.99. The predicted molar refractivity (Wildman–Crippen MR) is 98.8 cm³/mol. The third-order valence-corrected chi connectivity index (χ3v) is 4.31. The molecule has 25 heavy (non-hydrogen) atoms. The summed E-state index contributed by atoms with van der Waals surface area (Å²) in [6.45, 7) is 13.4. The Kier molecular flexibility index (Phi) is 4.88. The van der Waals surface area contributed by atoms with Crippen LogP contribution >= 0.6 is 0 Å². The molecular weight excluding hydrogens is 318 g/mol. The van der Waals surface area contributed by atoms with Crippen LogP contribution < -0.4 is 0 Å². The van der Waals surface area contributed by atoms with E-state index in [0.29, 0.717) is 5.82 Å². The van der Waals surface area contributed by atoms with E-state index in [2.05, 4.69) is 30.7 Å². The van der Waals surface area contributed by atoms with Crippen LogP contribution in [0.2, 0.25) is 0 Å². The van der Waals surface area contributed by atoms with Crippen LogP contribution in [0, 0.1) is 0 Å². The minimum Gasteiger partial charge on any atom is -0.465 e. The van der Waals surface area contributed by atoms with Gasteiger partial charge in [-0.2, -0.15) is 0 Å². The second-order valence-electron chi connectivity index (χ2n) is 8.61. The van der Waals surface area contributed by atoms with Crippen LogP contribution in [0.3, 0.4) is 0 Å². The maximum Gasteiger partial charge on any atom is 0.408 e. The number of nitrogens with one attached hydrogen (secondary N) is 1. The summed E-state index contributed by atoms with van der Waals surface area (Å²) in [5.41, 5.74) is 2.08. The molecule has 1 amide bonds. The molecule has 1 aromatic heterocycles. The molecule has 2 rings (SSSR count). The van der Waals surface area contributed by atoms with Crippen molar-refractivity contribution in [3.63, 3.8) is 0 Å². The first kappa shape index (κ1) is 19.2. The van der Waals surface area contributed by atoms with Crippen molar-refractivity contribution in [1.82, 2.24) is 14.9 Å². The topological polar surface area (TPSA) is 89.5 Å². The summed E-state index contributed by atoms with van der Waals surface area (Å²) in [6, 6.07) is 5.22. The number of fused-ring (bicyclic) bond motifs is 1. The normalized spacial score (nSPS) is 15.2. The number of aliphatic hydroxyl groups is 1. The Morgan fingerprint density at radius 3 is 2.24 bits per heavy atom. The Hall–Kier alpha value is -2.08. The summed E-state index contributed by atoms with van der Waals surface area (Å²) in [5.74, 6) is 0.452. The minimum absolute atomic E-state index is 0.00163. The van der Waals surface area contributed by atoms with Crippen molar-refractivity contribution in [2.24, 2.45) is 0 Å². The number of aromatic amines is 1. The zero-order valence-electron chi connectivity index (χ0n) is 16.1. The number of aromatic nitrogens is 2. The van der Waals surface area contributed by atoms with E-state index < -0.39 is 23.8 Å². The van der Waals surface area contributed by atoms with Crippen LogP contribution in [-0.2, 0) is 5.41 Å². The Morgan fingerprint density at radius 1 is 1.20 bits per heavy atom. The first-order chi connectivity index (χ1) is 11.3. The van der Waals surface area contributed by atoms with Gasteiger partial charge in [0.1, 0.15) is 11.9 Å². The Morgan fingerprint density at radius 2 is 1.80 bits per heavy atom. The van der Waals surface area contributed by atoms with Crippen molar-refractivity contribution in [3.05, 3.63) is 29.6 Å². The number of rotatable bonds is 3. The molecule has 0 saturated heterocycles. The molecule has 2 atom stereocenters. The summed E-state index contributed by atoms with van der Waals surface area (Å²) < 4.78 is 0. The van der Waals surface area contributed by atoms with E-state index in [9.17, 15) is 15.0 Å². The zero-order valence-corrected chi connectivity index (χ0v) is 16.1. The molecule has 3 N–H and O–H groups in total. The fraction of sp³-hybridized carbons (Fsp3) is 0.579. The van der Waals surface area contributed by atoms with Gasteiger partial charge in [0.2, 0.25) is 0 Å². The summed E-state index contributed by atoms with van der Waals surface area (Å²) in [7, 11) is 0. The molecule has 0 aliphatic carbocycles. The van der Waals surface area contributed by atoms with E-state index in [1.54, 1.807) is 27.7 Å². The lowest BCUT2D eigenvalue weighted by molar-refractivity contribution is 0.0101. The van der Waals surface area contributed by atoms with E-state index in [0.717, 1.165) is 16.6 Å². The lowest BCUT2D eigenvalue weighted by atomic mass is 9.87. The van der Waals surface area contributed by atoms with Crippen molar-refractivity contribution in [1.29, 1.82) is 0 Å². The highest BCUT2D eigenvalue weighted by Gasteiger charge is 2.38. The number of hydrogen-bond donors (Lipinski definition) is 3. The maximum atomic E-state index is 11.8. The van der Waals surface area contributed by atoms with Gasteiger partial charge in [-0.3, -0.25) is 4.90 Å². The van der Waals surface area contributed by atoms with E-state index in [4.69, 9.17) is 0 Å². The van der Waals surface area contributed by atoms with Gasteiger partial charge >= 0.3 is 6.09 Å². The van der Waals surface area contributed by atoms with Gasteiger partial charge in [-0.05, 0) is 50.8 Å². The fourth-order valence-electron chi connectivity index (χ4n) is 3.03. The largest absolute Gasteiger partial charge is 0.465 e. The number of aliphatic hydroxyl groups excluding tert-OH is 1. The molecule has 0 bridgehead atoms. The molecule has 0 saturated carbocycles. The maximum absolute atomic E-state index is 11.8. The molecule has 0 aliphatic heterocycles. The van der Waals surface area contributed by atoms with Gasteiger partial charge in [-0.15, -0.1) is 0 Å². The number of hydrogen-bond acceptors (Lipinski definition) is 3. The second kappa shape index (κ2) is 6.33. The van der Waals surface area contributed by atoms with Crippen LogP contribution in [0.1, 0.15) is 65.9 Å². The van der Waals surface area contributed by atoms with E-state index in [1.165, 1.54) is 4.90 Å². The summed E-state index contributed by atoms with van der Waals surface area (Å²) in [4.78, 5) is 20.9. The van der Waals surface area contributed by atoms with Crippen LogP contribution in [0.15, 0.2) is 18.2 Å². The average Bonchev–Trinajstić information content (AvgIpc) is 2.83. The number of carboxylic acid groups (broad SMARTS) is 1. The highest BCUT2D eigenvalue weighted by Crippen LogP contribution is 2.32. The van der Waals surface area contributed by atoms with Crippen LogP contribution in [0.25, 0.3) is 11.0 Å². The third-order valence-electron chi connectivity index (χ3n) is 4.31. The Balaban J connectivity index is 2.57. The average molecular weight is 347 g/mol. The summed E-state index contributed by atoms with van der Waals surface area (Å²) >= 11 is 0. The molecule has 138 valence electrons. The number of amides is 1. The van der Waals surface area contributed by atoms with E-state index in [-0.39, 0.29) is 5.41 Å². The van der Waals surface area contributed by atoms with Gasteiger partial charge < -0.3 is 15.2 Å². The lowest BCUT2D eigenvalue weighted by Crippen LogP contribution is -2.50. The van der Waals surface area contributed by atoms with Gasteiger partial charge in [0.15, 0.2) is 0 Å². The molecule has 0 radical (unpaired) electrons. The molecule has 1 aromatic carbocycles. The molecular formula is C19H29N3O3. The molecule has 1 heterocycles. The minimum atomic E-state index is -1.09. The van der Waals surface area contributed by atoms with Gasteiger partial charge in [0.05, 0.1) is 17.1 Å². The highest BCUT2D eigenvalue weighted by molar-refractivity contribution is 5.76. The molecule has 2 aromatic rings. The van der Waals surface area contributed by atoms with Crippen LogP contribution in [-0.4, -0.2) is 42.8 Å². The van der Waals surface area contributed by atoms with Crippen molar-refractivity contribution in [3.8, 4) is 0 Å². The van der Waals surface area contributed by atoms with Crippen LogP contribution in [0.5, 0.6) is 0 Å². The van der Waals surface area contributed by atoms with Crippen molar-refractivity contribution >= 4 is 17.1 Å². The zero-order chi connectivity index (χ0) is 19.2. The Bertz CT molecular complexity index is 766. The SMILES string of the molecule is C[C@@H](O)[C@@H](c1nc2ccc(C(C)(C)C)cc2[nH]1)N(C(=O)O)C(C)(C)C. The standard InChI is InChI=1S/C19H29N3O3/c1-11(23)15(22(17(24)25)19(5,6)7)16-20-13-9-8-12(18(2,3)4)10-14(13)21-16/h8-11,15,23H,1-7H3,(H,20,21)(H,24,25)/t11-,15+/m1/s1. The van der Waals surface area contributed by atoms with Gasteiger partial charge in [0, 0.05) is 5.54 Å². The quantitative estimate of drug-likeness (QED) is 0.781. The Labute approximate surface area is 148 Å². The van der Waals surface area contributed by atoms with Crippen molar-refractivity contribution < 1.29 is 15.0 Å². The number of imidazole rings is 1. The first-order valence-electron chi connectivity index (χ1n) is 8.53. The first-order valence-corrected chi connectivity index (χ1v) is 8.53. The van der Waals surface area contributed by atoms with Crippen molar-refractivity contribution in [2.75, 3.05) is 0 Å². The molecule has 6 nitrogen and oxygen atoms in total. The number of benzene rings is 1. The van der Waals surface area contributed by atoms with Gasteiger partial charge in [-0.25, -0.2) is 9.78 Å². The fourth-order valence-corrected chi connectivity index (χ4v) is 3.03. The third kappa shape index (κ3) is 3.95. The summed E-state index contributed by atoms with van der Waals surface area (Å²) in [5, 5.41) is 20.0. The molecule has 0 spiro atoms. The van der Waals surface area contributed by atoms with E-state index in [1.807, 2.05) is 18.2 Å².